The molecular formula is C22H24N2O. The molecule has 0 N–H and O–H groups in total. The van der Waals surface area contributed by atoms with Crippen molar-refractivity contribution in [3.8, 4) is 5.75 Å². The van der Waals surface area contributed by atoms with Gasteiger partial charge in [0.15, 0.2) is 0 Å². The zero-order chi connectivity index (χ0) is 17.1. The van der Waals surface area contributed by atoms with Crippen molar-refractivity contribution in [2.75, 3.05) is 11.4 Å². The number of nitrogens with zero attached hydrogens (tertiary/aromatic N) is 2. The molecule has 3 nitrogen and oxygen atoms in total. The molecule has 0 radical (unpaired) electrons. The molecule has 2 heterocycles. The smallest absolute Gasteiger partial charge is 0.146 e. The van der Waals surface area contributed by atoms with Gasteiger partial charge in [0.05, 0.1) is 0 Å². The van der Waals surface area contributed by atoms with Gasteiger partial charge in [-0.15, -0.1) is 0 Å². The lowest BCUT2D eigenvalue weighted by Gasteiger charge is -2.34. The van der Waals surface area contributed by atoms with Gasteiger partial charge in [-0.2, -0.15) is 0 Å². The summed E-state index contributed by atoms with van der Waals surface area (Å²) in [6, 6.07) is 21.3. The van der Waals surface area contributed by atoms with Crippen LogP contribution in [-0.4, -0.2) is 17.6 Å². The van der Waals surface area contributed by atoms with Crippen LogP contribution in [0.5, 0.6) is 5.75 Å². The van der Waals surface area contributed by atoms with Crippen molar-refractivity contribution < 1.29 is 4.74 Å². The number of aromatic nitrogens is 1. The third-order valence-electron chi connectivity index (χ3n) is 5.00. The van der Waals surface area contributed by atoms with E-state index >= 15 is 0 Å². The van der Waals surface area contributed by atoms with E-state index in [-0.39, 0.29) is 0 Å². The number of hydrogen-bond acceptors (Lipinski definition) is 3. The second-order valence-corrected chi connectivity index (χ2v) is 6.81. The third-order valence-corrected chi connectivity index (χ3v) is 5.00. The molecule has 4 rings (SSSR count). The normalized spacial score (nSPS) is 17.6. The van der Waals surface area contributed by atoms with Gasteiger partial charge in [-0.05, 0) is 49.9 Å². The van der Waals surface area contributed by atoms with Crippen LogP contribution in [0.3, 0.4) is 0 Å². The highest BCUT2D eigenvalue weighted by Gasteiger charge is 2.20. The number of hydrogen-bond donors (Lipinski definition) is 0. The van der Waals surface area contributed by atoms with Gasteiger partial charge in [-0.25, -0.2) is 4.98 Å². The standard InChI is InChI=1S/C22H24N2O/c1-17-8-5-6-15-24(17)21-14-13-19-11-7-12-20(22(19)23-21)25-16-18-9-3-2-4-10-18/h2-4,7,9-14,17H,5-6,8,15-16H2,1H3. The molecule has 0 amide bonds. The molecule has 0 aliphatic carbocycles. The molecule has 1 unspecified atom stereocenters. The van der Waals surface area contributed by atoms with Crippen LogP contribution in [0.4, 0.5) is 5.82 Å². The molecule has 1 atom stereocenters. The zero-order valence-corrected chi connectivity index (χ0v) is 14.7. The second kappa shape index (κ2) is 7.14. The fourth-order valence-corrected chi connectivity index (χ4v) is 3.56. The van der Waals surface area contributed by atoms with E-state index in [0.717, 1.165) is 29.0 Å². The minimum Gasteiger partial charge on any atom is -0.487 e. The first-order valence-corrected chi connectivity index (χ1v) is 9.14. The molecule has 1 fully saturated rings. The Labute approximate surface area is 149 Å². The van der Waals surface area contributed by atoms with Crippen LogP contribution >= 0.6 is 0 Å². The Morgan fingerprint density at radius 3 is 2.72 bits per heavy atom. The number of piperidine rings is 1. The Morgan fingerprint density at radius 1 is 1.00 bits per heavy atom. The van der Waals surface area contributed by atoms with E-state index < -0.39 is 0 Å². The van der Waals surface area contributed by atoms with Crippen molar-refractivity contribution in [2.45, 2.75) is 38.8 Å². The highest BCUT2D eigenvalue weighted by molar-refractivity contribution is 5.86. The zero-order valence-electron chi connectivity index (χ0n) is 14.7. The summed E-state index contributed by atoms with van der Waals surface area (Å²) in [7, 11) is 0. The second-order valence-electron chi connectivity index (χ2n) is 6.81. The summed E-state index contributed by atoms with van der Waals surface area (Å²) in [5.41, 5.74) is 2.12. The highest BCUT2D eigenvalue weighted by atomic mass is 16.5. The third kappa shape index (κ3) is 3.46. The maximum Gasteiger partial charge on any atom is 0.146 e. The molecule has 0 saturated carbocycles. The summed E-state index contributed by atoms with van der Waals surface area (Å²) in [5.74, 6) is 1.92. The molecular weight excluding hydrogens is 308 g/mol. The minimum absolute atomic E-state index is 0.552. The van der Waals surface area contributed by atoms with Crippen molar-refractivity contribution in [1.82, 2.24) is 4.98 Å². The number of pyridine rings is 1. The first-order chi connectivity index (χ1) is 12.3. The number of ether oxygens (including phenoxy) is 1. The van der Waals surface area contributed by atoms with Crippen LogP contribution in [0.1, 0.15) is 31.7 Å². The van der Waals surface area contributed by atoms with Crippen LogP contribution in [0.25, 0.3) is 10.9 Å². The fourth-order valence-electron chi connectivity index (χ4n) is 3.56. The lowest BCUT2D eigenvalue weighted by Crippen LogP contribution is -2.37. The molecule has 1 saturated heterocycles. The molecule has 0 bridgehead atoms. The van der Waals surface area contributed by atoms with Gasteiger partial charge in [-0.1, -0.05) is 42.5 Å². The quantitative estimate of drug-likeness (QED) is 0.657. The first-order valence-electron chi connectivity index (χ1n) is 9.14. The average molecular weight is 332 g/mol. The SMILES string of the molecule is CC1CCCCN1c1ccc2cccc(OCc3ccccc3)c2n1. The molecule has 3 heteroatoms. The summed E-state index contributed by atoms with van der Waals surface area (Å²) in [6.07, 6.45) is 3.80. The summed E-state index contributed by atoms with van der Waals surface area (Å²) in [5, 5.41) is 1.12. The molecule has 2 aromatic carbocycles. The molecule has 1 aromatic heterocycles. The van der Waals surface area contributed by atoms with Gasteiger partial charge in [0.2, 0.25) is 0 Å². The lowest BCUT2D eigenvalue weighted by atomic mass is 10.0. The topological polar surface area (TPSA) is 25.4 Å². The maximum atomic E-state index is 6.09. The molecule has 128 valence electrons. The van der Waals surface area contributed by atoms with Gasteiger partial charge < -0.3 is 9.64 Å². The maximum absolute atomic E-state index is 6.09. The van der Waals surface area contributed by atoms with Gasteiger partial charge in [-0.3, -0.25) is 0 Å². The number of benzene rings is 2. The number of para-hydroxylation sites is 1. The Hall–Kier alpha value is -2.55. The molecule has 1 aliphatic rings. The van der Waals surface area contributed by atoms with E-state index in [4.69, 9.17) is 9.72 Å². The van der Waals surface area contributed by atoms with Crippen LogP contribution in [0.15, 0.2) is 60.7 Å². The molecule has 0 spiro atoms. The summed E-state index contributed by atoms with van der Waals surface area (Å²) in [4.78, 5) is 7.39. The summed E-state index contributed by atoms with van der Waals surface area (Å²) in [6.45, 7) is 3.95. The minimum atomic E-state index is 0.552. The van der Waals surface area contributed by atoms with Crippen molar-refractivity contribution in [3.63, 3.8) is 0 Å². The molecule has 3 aromatic rings. The van der Waals surface area contributed by atoms with E-state index in [2.05, 4.69) is 42.2 Å². The predicted molar refractivity (Wildman–Crippen MR) is 103 cm³/mol. The number of fused-ring (bicyclic) bond motifs is 1. The van der Waals surface area contributed by atoms with Gasteiger partial charge in [0.1, 0.15) is 23.7 Å². The number of anilines is 1. The Morgan fingerprint density at radius 2 is 1.88 bits per heavy atom. The van der Waals surface area contributed by atoms with E-state index in [0.29, 0.717) is 12.6 Å². The molecule has 1 aliphatic heterocycles. The Bertz CT molecular complexity index is 847. The van der Waals surface area contributed by atoms with Gasteiger partial charge in [0.25, 0.3) is 0 Å². The summed E-state index contributed by atoms with van der Waals surface area (Å²) < 4.78 is 6.09. The van der Waals surface area contributed by atoms with E-state index in [9.17, 15) is 0 Å². The van der Waals surface area contributed by atoms with Crippen molar-refractivity contribution in [2.24, 2.45) is 0 Å². The van der Waals surface area contributed by atoms with Crippen molar-refractivity contribution >= 4 is 16.7 Å². The fraction of sp³-hybridized carbons (Fsp3) is 0.318. The van der Waals surface area contributed by atoms with Crippen molar-refractivity contribution in [1.29, 1.82) is 0 Å². The Kier molecular flexibility index (Phi) is 4.55. The lowest BCUT2D eigenvalue weighted by molar-refractivity contribution is 0.309. The van der Waals surface area contributed by atoms with Gasteiger partial charge >= 0.3 is 0 Å². The predicted octanol–water partition coefficient (Wildman–Crippen LogP) is 5.19. The largest absolute Gasteiger partial charge is 0.487 e. The number of rotatable bonds is 4. The van der Waals surface area contributed by atoms with Crippen LogP contribution in [0, 0.1) is 0 Å². The van der Waals surface area contributed by atoms with E-state index in [1.165, 1.54) is 24.8 Å². The monoisotopic (exact) mass is 332 g/mol. The van der Waals surface area contributed by atoms with Crippen LogP contribution < -0.4 is 9.64 Å². The highest BCUT2D eigenvalue weighted by Crippen LogP contribution is 2.29. The molecule has 25 heavy (non-hydrogen) atoms. The summed E-state index contributed by atoms with van der Waals surface area (Å²) >= 11 is 0. The Balaban J connectivity index is 1.63. The average Bonchev–Trinajstić information content (AvgIpc) is 2.67. The first kappa shape index (κ1) is 15.9. The van der Waals surface area contributed by atoms with Crippen LogP contribution in [0.2, 0.25) is 0 Å². The van der Waals surface area contributed by atoms with Crippen LogP contribution in [-0.2, 0) is 6.61 Å². The van der Waals surface area contributed by atoms with Crippen molar-refractivity contribution in [3.05, 3.63) is 66.2 Å². The van der Waals surface area contributed by atoms with E-state index in [1.54, 1.807) is 0 Å². The van der Waals surface area contributed by atoms with Gasteiger partial charge in [0, 0.05) is 18.0 Å². The van der Waals surface area contributed by atoms with E-state index in [1.807, 2.05) is 30.3 Å².